The molecule has 0 radical (unpaired) electrons. The number of carbonyl (C=O) groups excluding carboxylic acids is 1. The van der Waals surface area contributed by atoms with Gasteiger partial charge < -0.3 is 15.0 Å². The van der Waals surface area contributed by atoms with Gasteiger partial charge in [0, 0.05) is 26.3 Å². The first-order chi connectivity index (χ1) is 14.7. The number of hydrogen-bond acceptors (Lipinski definition) is 4. The summed E-state index contributed by atoms with van der Waals surface area (Å²) in [6, 6.07) is 0.968. The first-order valence-electron chi connectivity index (χ1n) is 9.07. The first-order valence-corrected chi connectivity index (χ1v) is 10.9. The topological polar surface area (TPSA) is 94.6 Å². The van der Waals surface area contributed by atoms with Crippen molar-refractivity contribution in [3.05, 3.63) is 46.7 Å². The number of nitrogens with two attached hydrogens (primary N) is 1. The van der Waals surface area contributed by atoms with E-state index in [9.17, 15) is 35.2 Å². The summed E-state index contributed by atoms with van der Waals surface area (Å²) >= 11 is 5.59. The van der Waals surface area contributed by atoms with Crippen molar-refractivity contribution in [3.8, 4) is 0 Å². The van der Waals surface area contributed by atoms with Gasteiger partial charge in [-0.25, -0.2) is 17.2 Å². The van der Waals surface area contributed by atoms with Gasteiger partial charge in [-0.15, -0.1) is 0 Å². The van der Waals surface area contributed by atoms with Gasteiger partial charge in [0.15, 0.2) is 11.9 Å². The van der Waals surface area contributed by atoms with E-state index in [-0.39, 0.29) is 12.1 Å². The molecule has 1 aliphatic rings. The maximum absolute atomic E-state index is 14.8. The summed E-state index contributed by atoms with van der Waals surface area (Å²) in [6.07, 6.45) is -7.14. The van der Waals surface area contributed by atoms with Gasteiger partial charge in [0.25, 0.3) is 15.9 Å². The second-order valence-corrected chi connectivity index (χ2v) is 9.30. The predicted molar refractivity (Wildman–Crippen MR) is 104 cm³/mol. The summed E-state index contributed by atoms with van der Waals surface area (Å²) in [4.78, 5) is 11.0. The van der Waals surface area contributed by atoms with Crippen molar-refractivity contribution in [2.75, 3.05) is 10.9 Å². The summed E-state index contributed by atoms with van der Waals surface area (Å²) in [5.74, 6) is -3.60. The second kappa shape index (κ2) is 8.52. The molecule has 2 heterocycles. The Labute approximate surface area is 184 Å². The number of carbonyl (C=O) groups is 1. The van der Waals surface area contributed by atoms with Gasteiger partial charge in [-0.05, 0) is 24.6 Å². The Morgan fingerprint density at radius 1 is 1.31 bits per heavy atom. The lowest BCUT2D eigenvalue weighted by Crippen LogP contribution is -2.49. The first kappa shape index (κ1) is 24.3. The molecule has 2 atom stereocenters. The number of primary amides is 1. The van der Waals surface area contributed by atoms with E-state index in [1.54, 1.807) is 0 Å². The van der Waals surface area contributed by atoms with Crippen molar-refractivity contribution in [1.29, 1.82) is 0 Å². The summed E-state index contributed by atoms with van der Waals surface area (Å²) in [5.41, 5.74) is 4.25. The Bertz CT molecular complexity index is 1150. The molecule has 1 amide bonds. The number of rotatable bonds is 5. The molecule has 1 aliphatic heterocycles. The third-order valence-corrected chi connectivity index (χ3v) is 7.17. The lowest BCUT2D eigenvalue weighted by atomic mass is 10.0. The average molecular weight is 502 g/mol. The van der Waals surface area contributed by atoms with Gasteiger partial charge >= 0.3 is 6.18 Å². The van der Waals surface area contributed by atoms with Gasteiger partial charge in [-0.1, -0.05) is 11.6 Å². The van der Waals surface area contributed by atoms with Crippen LogP contribution >= 0.6 is 11.6 Å². The standard InChI is InChI=1S/C18H17ClF5N3O4S/c1-26-8-10(7-13(26)17(25)28)32(29,30)27(12-3-2-11(20)15(19)16(12)21)9-4-5-31-14(6-9)18(22,23)24/h2-3,7-9,14H,4-6H2,1H3,(H2,25,28). The minimum atomic E-state index is -4.79. The Kier molecular flexibility index (Phi) is 6.46. The summed E-state index contributed by atoms with van der Waals surface area (Å²) < 4.78 is 101. The maximum atomic E-state index is 14.8. The van der Waals surface area contributed by atoms with Crippen molar-refractivity contribution in [2.45, 2.75) is 36.1 Å². The van der Waals surface area contributed by atoms with Gasteiger partial charge in [0.05, 0.1) is 11.7 Å². The highest BCUT2D eigenvalue weighted by molar-refractivity contribution is 7.92. The van der Waals surface area contributed by atoms with Crippen molar-refractivity contribution < 1.29 is 39.9 Å². The fourth-order valence-electron chi connectivity index (χ4n) is 3.46. The number of sulfonamides is 1. The number of benzene rings is 1. The predicted octanol–water partition coefficient (Wildman–Crippen LogP) is 3.36. The van der Waals surface area contributed by atoms with E-state index in [2.05, 4.69) is 0 Å². The molecule has 1 aromatic carbocycles. The third-order valence-electron chi connectivity index (χ3n) is 4.99. The van der Waals surface area contributed by atoms with Crippen LogP contribution in [0.15, 0.2) is 29.3 Å². The van der Waals surface area contributed by atoms with Crippen LogP contribution in [0.2, 0.25) is 5.02 Å². The van der Waals surface area contributed by atoms with E-state index in [1.807, 2.05) is 0 Å². The number of aromatic nitrogens is 1. The Balaban J connectivity index is 2.18. The van der Waals surface area contributed by atoms with Crippen LogP contribution in [-0.2, 0) is 21.8 Å². The van der Waals surface area contributed by atoms with Crippen LogP contribution in [0, 0.1) is 11.6 Å². The number of alkyl halides is 3. The zero-order valence-electron chi connectivity index (χ0n) is 16.4. The Morgan fingerprint density at radius 3 is 2.53 bits per heavy atom. The molecule has 3 rings (SSSR count). The summed E-state index contributed by atoms with van der Waals surface area (Å²) in [5, 5.41) is -1.02. The van der Waals surface area contributed by atoms with E-state index < -0.39 is 74.5 Å². The van der Waals surface area contributed by atoms with Crippen LogP contribution in [0.1, 0.15) is 23.3 Å². The van der Waals surface area contributed by atoms with E-state index in [4.69, 9.17) is 22.1 Å². The monoisotopic (exact) mass is 501 g/mol. The highest BCUT2D eigenvalue weighted by Crippen LogP contribution is 2.39. The number of anilines is 1. The number of halogens is 6. The number of amides is 1. The average Bonchev–Trinajstić information content (AvgIpc) is 3.10. The van der Waals surface area contributed by atoms with Crippen LogP contribution in [0.5, 0.6) is 0 Å². The maximum Gasteiger partial charge on any atom is 0.414 e. The molecule has 1 fully saturated rings. The normalized spacial score (nSPS) is 19.7. The molecule has 0 bridgehead atoms. The van der Waals surface area contributed by atoms with Crippen molar-refractivity contribution in [3.63, 3.8) is 0 Å². The summed E-state index contributed by atoms with van der Waals surface area (Å²) in [7, 11) is -3.42. The fraction of sp³-hybridized carbons (Fsp3) is 0.389. The number of aryl methyl sites for hydroxylation is 1. The minimum Gasteiger partial charge on any atom is -0.369 e. The molecule has 7 nitrogen and oxygen atoms in total. The Morgan fingerprint density at radius 2 is 1.97 bits per heavy atom. The molecule has 2 unspecified atom stereocenters. The van der Waals surface area contributed by atoms with E-state index in [0.29, 0.717) is 10.4 Å². The van der Waals surface area contributed by atoms with Crippen LogP contribution < -0.4 is 10.0 Å². The van der Waals surface area contributed by atoms with Gasteiger partial charge in [-0.2, -0.15) is 13.2 Å². The van der Waals surface area contributed by atoms with Crippen molar-refractivity contribution in [2.24, 2.45) is 12.8 Å². The molecule has 14 heteroatoms. The minimum absolute atomic E-state index is 0.207. The van der Waals surface area contributed by atoms with Crippen LogP contribution in [-0.4, -0.2) is 43.8 Å². The molecule has 0 spiro atoms. The molecule has 0 saturated carbocycles. The molecule has 1 aromatic heterocycles. The molecule has 32 heavy (non-hydrogen) atoms. The molecule has 1 saturated heterocycles. The lowest BCUT2D eigenvalue weighted by Gasteiger charge is -2.38. The second-order valence-electron chi connectivity index (χ2n) is 7.11. The zero-order chi connectivity index (χ0) is 24.0. The van der Waals surface area contributed by atoms with Crippen LogP contribution in [0.4, 0.5) is 27.6 Å². The lowest BCUT2D eigenvalue weighted by molar-refractivity contribution is -0.231. The van der Waals surface area contributed by atoms with E-state index in [0.717, 1.165) is 22.9 Å². The molecule has 2 aromatic rings. The van der Waals surface area contributed by atoms with Crippen molar-refractivity contribution >= 4 is 33.2 Å². The van der Waals surface area contributed by atoms with E-state index >= 15 is 0 Å². The SMILES string of the molecule is Cn1cc(S(=O)(=O)N(c2ccc(F)c(Cl)c2F)C2CCOC(C(F)(F)F)C2)cc1C(N)=O. The van der Waals surface area contributed by atoms with Crippen LogP contribution in [0.25, 0.3) is 0 Å². The molecule has 176 valence electrons. The smallest absolute Gasteiger partial charge is 0.369 e. The zero-order valence-corrected chi connectivity index (χ0v) is 17.9. The number of ether oxygens (including phenoxy) is 1. The quantitative estimate of drug-likeness (QED) is 0.502. The van der Waals surface area contributed by atoms with E-state index in [1.165, 1.54) is 7.05 Å². The largest absolute Gasteiger partial charge is 0.414 e. The molecule has 2 N–H and O–H groups in total. The Hall–Kier alpha value is -2.38. The van der Waals surface area contributed by atoms with Gasteiger partial charge in [-0.3, -0.25) is 9.10 Å². The molecular weight excluding hydrogens is 485 g/mol. The molecular formula is C18H17ClF5N3O4S. The summed E-state index contributed by atoms with van der Waals surface area (Å²) in [6.45, 7) is -0.460. The van der Waals surface area contributed by atoms with Gasteiger partial charge in [0.1, 0.15) is 21.4 Å². The van der Waals surface area contributed by atoms with Crippen molar-refractivity contribution in [1.82, 2.24) is 4.57 Å². The van der Waals surface area contributed by atoms with Crippen LogP contribution in [0.3, 0.4) is 0 Å². The number of hydrogen-bond donors (Lipinski definition) is 1. The highest BCUT2D eigenvalue weighted by Gasteiger charge is 2.47. The highest BCUT2D eigenvalue weighted by atomic mass is 35.5. The number of nitrogens with zero attached hydrogens (tertiary/aromatic N) is 2. The molecule has 0 aliphatic carbocycles. The van der Waals surface area contributed by atoms with Gasteiger partial charge in [0.2, 0.25) is 0 Å². The fourth-order valence-corrected chi connectivity index (χ4v) is 5.39. The third kappa shape index (κ3) is 4.41.